The van der Waals surface area contributed by atoms with Gasteiger partial charge >= 0.3 is 0 Å². The van der Waals surface area contributed by atoms with Crippen LogP contribution in [-0.4, -0.2) is 44.3 Å². The SMILES string of the molecule is CCC(C)(C(Cc1ncnn1C)NN)N1CCCC1. The molecule has 6 nitrogen and oxygen atoms in total. The maximum Gasteiger partial charge on any atom is 0.138 e. The predicted molar refractivity (Wildman–Crippen MR) is 75.3 cm³/mol. The molecule has 2 atom stereocenters. The van der Waals surface area contributed by atoms with E-state index in [9.17, 15) is 0 Å². The van der Waals surface area contributed by atoms with Crippen molar-refractivity contribution in [1.29, 1.82) is 0 Å². The molecule has 1 aliphatic heterocycles. The molecule has 1 aliphatic rings. The van der Waals surface area contributed by atoms with Gasteiger partial charge in [-0.2, -0.15) is 5.10 Å². The van der Waals surface area contributed by atoms with E-state index in [0.29, 0.717) is 0 Å². The van der Waals surface area contributed by atoms with Crippen LogP contribution >= 0.6 is 0 Å². The van der Waals surface area contributed by atoms with Crippen molar-refractivity contribution < 1.29 is 0 Å². The van der Waals surface area contributed by atoms with Crippen molar-refractivity contribution in [3.8, 4) is 0 Å². The lowest BCUT2D eigenvalue weighted by Gasteiger charge is -2.44. The molecule has 0 bridgehead atoms. The summed E-state index contributed by atoms with van der Waals surface area (Å²) in [7, 11) is 1.93. The molecule has 1 aromatic rings. The minimum atomic E-state index is 0.0667. The van der Waals surface area contributed by atoms with Crippen molar-refractivity contribution in [3.05, 3.63) is 12.2 Å². The lowest BCUT2D eigenvalue weighted by Crippen LogP contribution is -2.61. The summed E-state index contributed by atoms with van der Waals surface area (Å²) in [5.41, 5.74) is 3.08. The topological polar surface area (TPSA) is 72.0 Å². The first kappa shape index (κ1) is 14.4. The molecule has 1 aromatic heterocycles. The van der Waals surface area contributed by atoms with E-state index < -0.39 is 0 Å². The average Bonchev–Trinajstić information content (AvgIpc) is 3.07. The van der Waals surface area contributed by atoms with Crippen molar-refractivity contribution >= 4 is 0 Å². The fourth-order valence-electron chi connectivity index (χ4n) is 3.06. The van der Waals surface area contributed by atoms with E-state index in [-0.39, 0.29) is 11.6 Å². The van der Waals surface area contributed by atoms with Crippen molar-refractivity contribution in [3.63, 3.8) is 0 Å². The number of nitrogens with zero attached hydrogens (tertiary/aromatic N) is 4. The van der Waals surface area contributed by atoms with Gasteiger partial charge < -0.3 is 0 Å². The molecule has 0 aliphatic carbocycles. The molecule has 1 saturated heterocycles. The molecule has 0 spiro atoms. The number of likely N-dealkylation sites (tertiary alicyclic amines) is 1. The van der Waals surface area contributed by atoms with Gasteiger partial charge in [-0.25, -0.2) is 4.98 Å². The van der Waals surface area contributed by atoms with Crippen LogP contribution in [0.2, 0.25) is 0 Å². The van der Waals surface area contributed by atoms with Gasteiger partial charge in [-0.1, -0.05) is 6.92 Å². The van der Waals surface area contributed by atoms with Gasteiger partial charge in [-0.15, -0.1) is 0 Å². The minimum Gasteiger partial charge on any atom is -0.296 e. The zero-order valence-electron chi connectivity index (χ0n) is 12.3. The van der Waals surface area contributed by atoms with Crippen LogP contribution in [0.25, 0.3) is 0 Å². The first-order valence-corrected chi connectivity index (χ1v) is 7.16. The molecule has 2 rings (SSSR count). The van der Waals surface area contributed by atoms with Gasteiger partial charge in [0.25, 0.3) is 0 Å². The maximum atomic E-state index is 5.83. The van der Waals surface area contributed by atoms with Crippen LogP contribution in [0, 0.1) is 0 Å². The maximum absolute atomic E-state index is 5.83. The monoisotopic (exact) mass is 266 g/mol. The van der Waals surface area contributed by atoms with Crippen LogP contribution in [0.5, 0.6) is 0 Å². The zero-order valence-corrected chi connectivity index (χ0v) is 12.3. The molecule has 3 N–H and O–H groups in total. The summed E-state index contributed by atoms with van der Waals surface area (Å²) in [6.45, 7) is 6.88. The van der Waals surface area contributed by atoms with Crippen LogP contribution in [0.4, 0.5) is 0 Å². The molecule has 6 heteroatoms. The van der Waals surface area contributed by atoms with Crippen LogP contribution in [0.15, 0.2) is 6.33 Å². The fourth-order valence-corrected chi connectivity index (χ4v) is 3.06. The summed E-state index contributed by atoms with van der Waals surface area (Å²) in [5.74, 6) is 6.81. The van der Waals surface area contributed by atoms with Crippen molar-refractivity contribution in [1.82, 2.24) is 25.1 Å². The second kappa shape index (κ2) is 5.98. The minimum absolute atomic E-state index is 0.0667. The van der Waals surface area contributed by atoms with Gasteiger partial charge in [-0.05, 0) is 39.3 Å². The number of aromatic nitrogens is 3. The van der Waals surface area contributed by atoms with Crippen LogP contribution in [0.1, 0.15) is 38.9 Å². The first-order chi connectivity index (χ1) is 9.11. The van der Waals surface area contributed by atoms with E-state index in [1.54, 1.807) is 6.33 Å². The molecular weight excluding hydrogens is 240 g/mol. The second-order valence-corrected chi connectivity index (χ2v) is 5.63. The Bertz CT molecular complexity index is 398. The summed E-state index contributed by atoms with van der Waals surface area (Å²) < 4.78 is 1.82. The van der Waals surface area contributed by atoms with E-state index in [1.165, 1.54) is 25.9 Å². The molecule has 108 valence electrons. The quantitative estimate of drug-likeness (QED) is 0.578. The van der Waals surface area contributed by atoms with Crippen molar-refractivity contribution in [2.75, 3.05) is 13.1 Å². The van der Waals surface area contributed by atoms with E-state index >= 15 is 0 Å². The number of nitrogens with two attached hydrogens (primary N) is 1. The third-order valence-electron chi connectivity index (χ3n) is 4.69. The number of hydrogen-bond donors (Lipinski definition) is 2. The molecule has 19 heavy (non-hydrogen) atoms. The molecule has 2 unspecified atom stereocenters. The van der Waals surface area contributed by atoms with E-state index in [1.807, 2.05) is 11.7 Å². The Labute approximate surface area is 115 Å². The Hall–Kier alpha value is -0.980. The molecule has 0 saturated carbocycles. The van der Waals surface area contributed by atoms with Crippen LogP contribution in [-0.2, 0) is 13.5 Å². The highest BCUT2D eigenvalue weighted by atomic mass is 15.3. The summed E-state index contributed by atoms with van der Waals surface area (Å²) >= 11 is 0. The Morgan fingerprint density at radius 3 is 2.63 bits per heavy atom. The Morgan fingerprint density at radius 2 is 2.16 bits per heavy atom. The average molecular weight is 266 g/mol. The Balaban J connectivity index is 2.15. The lowest BCUT2D eigenvalue weighted by molar-refractivity contribution is 0.0829. The van der Waals surface area contributed by atoms with E-state index in [2.05, 4.69) is 34.3 Å². The summed E-state index contributed by atoms with van der Waals surface area (Å²) in [6, 6.07) is 0.179. The molecule has 0 aromatic carbocycles. The number of hydrogen-bond acceptors (Lipinski definition) is 5. The number of aryl methyl sites for hydroxylation is 1. The lowest BCUT2D eigenvalue weighted by atomic mass is 9.85. The standard InChI is InChI=1S/C13H26N6/c1-4-13(2,19-7-5-6-8-19)11(17-14)9-12-15-10-16-18(12)3/h10-11,17H,4-9,14H2,1-3H3. The number of rotatable bonds is 6. The Morgan fingerprint density at radius 1 is 1.47 bits per heavy atom. The molecule has 0 amide bonds. The van der Waals surface area contributed by atoms with Crippen molar-refractivity contribution in [2.24, 2.45) is 12.9 Å². The summed E-state index contributed by atoms with van der Waals surface area (Å²) in [6.07, 6.45) is 6.04. The fraction of sp³-hybridized carbons (Fsp3) is 0.846. The van der Waals surface area contributed by atoms with Crippen LogP contribution < -0.4 is 11.3 Å². The first-order valence-electron chi connectivity index (χ1n) is 7.16. The zero-order chi connectivity index (χ0) is 13.9. The number of hydrazine groups is 1. The number of nitrogens with one attached hydrogen (secondary N) is 1. The predicted octanol–water partition coefficient (Wildman–Crippen LogP) is 0.454. The van der Waals surface area contributed by atoms with Crippen molar-refractivity contribution in [2.45, 2.75) is 51.1 Å². The Kier molecular flexibility index (Phi) is 4.54. The normalized spacial score (nSPS) is 21.5. The van der Waals surface area contributed by atoms with Gasteiger partial charge in [0.15, 0.2) is 0 Å². The second-order valence-electron chi connectivity index (χ2n) is 5.63. The van der Waals surface area contributed by atoms with Gasteiger partial charge in [0.05, 0.1) is 0 Å². The summed E-state index contributed by atoms with van der Waals surface area (Å²) in [5, 5.41) is 4.13. The highest BCUT2D eigenvalue weighted by molar-refractivity contribution is 5.02. The van der Waals surface area contributed by atoms with Gasteiger partial charge in [0, 0.05) is 25.0 Å². The highest BCUT2D eigenvalue weighted by Gasteiger charge is 2.39. The summed E-state index contributed by atoms with van der Waals surface area (Å²) in [4.78, 5) is 6.88. The van der Waals surface area contributed by atoms with Gasteiger partial charge in [0.1, 0.15) is 12.2 Å². The van der Waals surface area contributed by atoms with Crippen LogP contribution in [0.3, 0.4) is 0 Å². The molecular formula is C13H26N6. The van der Waals surface area contributed by atoms with E-state index in [4.69, 9.17) is 5.84 Å². The molecule has 0 radical (unpaired) electrons. The molecule has 2 heterocycles. The van der Waals surface area contributed by atoms with Gasteiger partial charge in [-0.3, -0.25) is 20.9 Å². The highest BCUT2D eigenvalue weighted by Crippen LogP contribution is 2.29. The smallest absolute Gasteiger partial charge is 0.138 e. The van der Waals surface area contributed by atoms with Gasteiger partial charge in [0.2, 0.25) is 0 Å². The third-order valence-corrected chi connectivity index (χ3v) is 4.69. The largest absolute Gasteiger partial charge is 0.296 e. The third kappa shape index (κ3) is 2.80. The van der Waals surface area contributed by atoms with E-state index in [0.717, 1.165) is 18.7 Å². The molecule has 1 fully saturated rings.